The molecule has 0 saturated heterocycles. The summed E-state index contributed by atoms with van der Waals surface area (Å²) in [4.78, 5) is 28.8. The number of esters is 2. The van der Waals surface area contributed by atoms with Crippen LogP contribution in [0.25, 0.3) is 0 Å². The Morgan fingerprint density at radius 2 is 1.57 bits per heavy atom. The SMILES string of the molecule is COC(=O)c1cnc(Cl)c(O)c1.COC(=O)c1cncc(O)c1. The van der Waals surface area contributed by atoms with E-state index in [4.69, 9.17) is 21.8 Å². The molecule has 0 atom stereocenters. The van der Waals surface area contributed by atoms with Gasteiger partial charge in [0.25, 0.3) is 0 Å². The maximum absolute atomic E-state index is 10.9. The van der Waals surface area contributed by atoms with Crippen molar-refractivity contribution in [1.82, 2.24) is 9.97 Å². The molecule has 2 aromatic heterocycles. The van der Waals surface area contributed by atoms with Crippen LogP contribution in [0, 0.1) is 0 Å². The minimum Gasteiger partial charge on any atom is -0.506 e. The van der Waals surface area contributed by atoms with Gasteiger partial charge in [0.1, 0.15) is 5.75 Å². The van der Waals surface area contributed by atoms with E-state index in [0.29, 0.717) is 0 Å². The fraction of sp³-hybridized carbons (Fsp3) is 0.143. The lowest BCUT2D eigenvalue weighted by Gasteiger charge is -1.99. The summed E-state index contributed by atoms with van der Waals surface area (Å²) in [5.74, 6) is -1.35. The summed E-state index contributed by atoms with van der Waals surface area (Å²) in [7, 11) is 2.51. The van der Waals surface area contributed by atoms with Crippen LogP contribution < -0.4 is 0 Å². The molecule has 2 heterocycles. The molecule has 0 aromatic carbocycles. The van der Waals surface area contributed by atoms with Gasteiger partial charge in [-0.1, -0.05) is 11.6 Å². The highest BCUT2D eigenvalue weighted by molar-refractivity contribution is 6.30. The fourth-order valence-electron chi connectivity index (χ4n) is 1.32. The number of rotatable bonds is 2. The summed E-state index contributed by atoms with van der Waals surface area (Å²) in [6.07, 6.45) is 3.80. The highest BCUT2D eigenvalue weighted by atomic mass is 35.5. The van der Waals surface area contributed by atoms with Gasteiger partial charge >= 0.3 is 11.9 Å². The van der Waals surface area contributed by atoms with E-state index in [2.05, 4.69) is 19.4 Å². The zero-order valence-corrected chi connectivity index (χ0v) is 12.9. The molecule has 0 spiro atoms. The number of aromatic hydroxyl groups is 2. The summed E-state index contributed by atoms with van der Waals surface area (Å²) in [5, 5.41) is 17.9. The molecule has 2 aromatic rings. The maximum atomic E-state index is 10.9. The van der Waals surface area contributed by atoms with Crippen LogP contribution in [0.1, 0.15) is 20.7 Å². The summed E-state index contributed by atoms with van der Waals surface area (Å²) in [6.45, 7) is 0. The van der Waals surface area contributed by atoms with Crippen molar-refractivity contribution in [3.05, 3.63) is 47.0 Å². The number of carbonyl (C=O) groups is 2. The summed E-state index contributed by atoms with van der Waals surface area (Å²) in [6, 6.07) is 2.49. The molecule has 0 aliphatic rings. The van der Waals surface area contributed by atoms with Crippen molar-refractivity contribution in [3.8, 4) is 11.5 Å². The number of hydrogen-bond donors (Lipinski definition) is 2. The summed E-state index contributed by atoms with van der Waals surface area (Å²) >= 11 is 5.42. The third-order valence-electron chi connectivity index (χ3n) is 2.39. The number of pyridine rings is 2. The van der Waals surface area contributed by atoms with Crippen molar-refractivity contribution in [2.45, 2.75) is 0 Å². The predicted octanol–water partition coefficient (Wildman–Crippen LogP) is 1.80. The number of nitrogens with zero attached hydrogens (tertiary/aromatic N) is 2. The Morgan fingerprint density at radius 3 is 2.04 bits per heavy atom. The van der Waals surface area contributed by atoms with Crippen LogP contribution in [0.4, 0.5) is 0 Å². The first-order chi connectivity index (χ1) is 10.9. The second-order valence-corrected chi connectivity index (χ2v) is 4.31. The van der Waals surface area contributed by atoms with Crippen LogP contribution in [0.5, 0.6) is 11.5 Å². The average Bonchev–Trinajstić information content (AvgIpc) is 2.56. The molecule has 122 valence electrons. The van der Waals surface area contributed by atoms with Crippen molar-refractivity contribution < 1.29 is 29.3 Å². The molecule has 0 aliphatic heterocycles. The van der Waals surface area contributed by atoms with Crippen molar-refractivity contribution >= 4 is 23.5 Å². The molecule has 0 bridgehead atoms. The molecule has 0 unspecified atom stereocenters. The Labute approximate surface area is 136 Å². The molecule has 0 fully saturated rings. The Bertz CT molecular complexity index is 707. The zero-order valence-electron chi connectivity index (χ0n) is 12.2. The lowest BCUT2D eigenvalue weighted by Crippen LogP contribution is -2.01. The molecule has 8 nitrogen and oxygen atoms in total. The fourth-order valence-corrected chi connectivity index (χ4v) is 1.43. The topological polar surface area (TPSA) is 119 Å². The lowest BCUT2D eigenvalue weighted by atomic mass is 10.3. The van der Waals surface area contributed by atoms with E-state index >= 15 is 0 Å². The molecule has 2 rings (SSSR count). The highest BCUT2D eigenvalue weighted by Crippen LogP contribution is 2.20. The first kappa shape index (κ1) is 18.2. The minimum atomic E-state index is -0.561. The highest BCUT2D eigenvalue weighted by Gasteiger charge is 2.08. The largest absolute Gasteiger partial charge is 0.506 e. The second-order valence-electron chi connectivity index (χ2n) is 3.95. The number of aromatic nitrogens is 2. The number of halogens is 1. The predicted molar refractivity (Wildman–Crippen MR) is 79.5 cm³/mol. The Hall–Kier alpha value is -2.87. The summed E-state index contributed by atoms with van der Waals surface area (Å²) in [5.41, 5.74) is 0.409. The molecule has 2 N–H and O–H groups in total. The van der Waals surface area contributed by atoms with E-state index in [9.17, 15) is 9.59 Å². The molecule has 0 aliphatic carbocycles. The molecule has 0 radical (unpaired) electrons. The summed E-state index contributed by atoms with van der Waals surface area (Å²) < 4.78 is 8.80. The average molecular weight is 341 g/mol. The normalized spacial score (nSPS) is 9.35. The first-order valence-electron chi connectivity index (χ1n) is 6.04. The van der Waals surface area contributed by atoms with Crippen LogP contribution in [-0.2, 0) is 9.47 Å². The van der Waals surface area contributed by atoms with E-state index in [-0.39, 0.29) is 27.8 Å². The monoisotopic (exact) mass is 340 g/mol. The van der Waals surface area contributed by atoms with E-state index in [1.807, 2.05) is 0 Å². The Kier molecular flexibility index (Phi) is 6.75. The van der Waals surface area contributed by atoms with Crippen LogP contribution in [0.3, 0.4) is 0 Å². The third-order valence-corrected chi connectivity index (χ3v) is 2.68. The van der Waals surface area contributed by atoms with E-state index < -0.39 is 11.9 Å². The first-order valence-corrected chi connectivity index (χ1v) is 6.42. The van der Waals surface area contributed by atoms with Crippen LogP contribution in [0.2, 0.25) is 5.15 Å². The van der Waals surface area contributed by atoms with Gasteiger partial charge in [0, 0.05) is 12.4 Å². The van der Waals surface area contributed by atoms with Gasteiger partial charge in [0.05, 0.1) is 31.5 Å². The number of ether oxygens (including phenoxy) is 2. The second kappa shape index (κ2) is 8.54. The van der Waals surface area contributed by atoms with Gasteiger partial charge in [-0.25, -0.2) is 14.6 Å². The quantitative estimate of drug-likeness (QED) is 0.627. The van der Waals surface area contributed by atoms with Crippen LogP contribution >= 0.6 is 11.6 Å². The van der Waals surface area contributed by atoms with Gasteiger partial charge in [-0.05, 0) is 12.1 Å². The van der Waals surface area contributed by atoms with E-state index in [1.165, 1.54) is 44.9 Å². The molecule has 9 heteroatoms. The van der Waals surface area contributed by atoms with Gasteiger partial charge in [0.15, 0.2) is 10.9 Å². The number of carbonyl (C=O) groups excluding carboxylic acids is 2. The molecular weight excluding hydrogens is 328 g/mol. The van der Waals surface area contributed by atoms with Gasteiger partial charge in [-0.2, -0.15) is 0 Å². The number of methoxy groups -OCH3 is 2. The molecule has 0 saturated carbocycles. The van der Waals surface area contributed by atoms with Crippen molar-refractivity contribution in [2.24, 2.45) is 0 Å². The maximum Gasteiger partial charge on any atom is 0.339 e. The van der Waals surface area contributed by atoms with Crippen molar-refractivity contribution in [3.63, 3.8) is 0 Å². The van der Waals surface area contributed by atoms with Gasteiger partial charge in [-0.3, -0.25) is 4.98 Å². The van der Waals surface area contributed by atoms with Gasteiger partial charge in [0.2, 0.25) is 0 Å². The van der Waals surface area contributed by atoms with Gasteiger partial charge in [-0.15, -0.1) is 0 Å². The standard InChI is InChI=1S/C7H6ClNO3.C7H7NO3/c1-12-7(11)4-2-5(10)6(8)9-3-4;1-11-7(10)5-2-6(9)4-8-3-5/h2-3,10H,1H3;2-4,9H,1H3. The Balaban J connectivity index is 0.000000231. The molecule has 23 heavy (non-hydrogen) atoms. The van der Waals surface area contributed by atoms with Crippen molar-refractivity contribution in [1.29, 1.82) is 0 Å². The van der Waals surface area contributed by atoms with E-state index in [1.54, 1.807) is 0 Å². The molecular formula is C14H13ClN2O6. The third kappa shape index (κ3) is 5.44. The van der Waals surface area contributed by atoms with E-state index in [0.717, 1.165) is 0 Å². The van der Waals surface area contributed by atoms with Gasteiger partial charge < -0.3 is 19.7 Å². The minimum absolute atomic E-state index is 0.0392. The Morgan fingerprint density at radius 1 is 1.00 bits per heavy atom. The molecule has 0 amide bonds. The van der Waals surface area contributed by atoms with Crippen LogP contribution in [0.15, 0.2) is 30.7 Å². The number of hydrogen-bond acceptors (Lipinski definition) is 8. The smallest absolute Gasteiger partial charge is 0.339 e. The zero-order chi connectivity index (χ0) is 17.4. The van der Waals surface area contributed by atoms with Crippen molar-refractivity contribution in [2.75, 3.05) is 14.2 Å². The van der Waals surface area contributed by atoms with Crippen LogP contribution in [-0.4, -0.2) is 46.3 Å². The lowest BCUT2D eigenvalue weighted by molar-refractivity contribution is 0.0591.